The highest BCUT2D eigenvalue weighted by Gasteiger charge is 2.14. The van der Waals surface area contributed by atoms with Gasteiger partial charge in [0.15, 0.2) is 0 Å². The summed E-state index contributed by atoms with van der Waals surface area (Å²) in [6.07, 6.45) is -1.93. The Morgan fingerprint density at radius 3 is 1.62 bits per heavy atom. The molecule has 1 aromatic carbocycles. The molecule has 1 aromatic rings. The van der Waals surface area contributed by atoms with Crippen LogP contribution >= 0.6 is 0 Å². The summed E-state index contributed by atoms with van der Waals surface area (Å²) in [4.78, 5) is 25.6. The highest BCUT2D eigenvalue weighted by molar-refractivity contribution is 5.72. The Kier molecular flexibility index (Phi) is 5.54. The van der Waals surface area contributed by atoms with Crippen LogP contribution < -0.4 is 9.47 Å². The van der Waals surface area contributed by atoms with E-state index < -0.39 is 18.3 Å². The van der Waals surface area contributed by atoms with Crippen molar-refractivity contribution in [3.63, 3.8) is 0 Å². The predicted octanol–water partition coefficient (Wildman–Crippen LogP) is 1.86. The molecule has 2 amide bonds. The van der Waals surface area contributed by atoms with Crippen LogP contribution in [0.25, 0.3) is 0 Å². The third kappa shape index (κ3) is 4.96. The van der Waals surface area contributed by atoms with Gasteiger partial charge in [-0.25, -0.2) is 9.59 Å². The molecule has 0 aliphatic rings. The van der Waals surface area contributed by atoms with Crippen LogP contribution in [-0.2, 0) is 0 Å². The number of rotatable bonds is 3. The zero-order valence-corrected chi connectivity index (χ0v) is 12.8. The van der Waals surface area contributed by atoms with Crippen molar-refractivity contribution in [3.05, 3.63) is 23.8 Å². The van der Waals surface area contributed by atoms with Crippen molar-refractivity contribution in [1.29, 1.82) is 0 Å². The first-order valence-corrected chi connectivity index (χ1v) is 6.32. The van der Waals surface area contributed by atoms with E-state index in [4.69, 9.17) is 9.47 Å². The highest BCUT2D eigenvalue weighted by atomic mass is 16.6. The van der Waals surface area contributed by atoms with Crippen LogP contribution in [0, 0.1) is 0 Å². The fourth-order valence-corrected chi connectivity index (χ4v) is 1.34. The number of nitrogens with zero attached hydrogens (tertiary/aromatic N) is 2. The van der Waals surface area contributed by atoms with Gasteiger partial charge in [-0.3, -0.25) is 0 Å². The van der Waals surface area contributed by atoms with E-state index in [1.807, 2.05) is 0 Å². The van der Waals surface area contributed by atoms with Gasteiger partial charge in [0.25, 0.3) is 0 Å². The molecule has 0 bridgehead atoms. The van der Waals surface area contributed by atoms with Crippen molar-refractivity contribution >= 4 is 12.2 Å². The SMILES string of the molecule is C[C@@H](O)c1cc(OC(=O)N(C)C)cc(OC(=O)N(C)C)c1. The Labute approximate surface area is 123 Å². The fourth-order valence-electron chi connectivity index (χ4n) is 1.34. The normalized spacial score (nSPS) is 11.5. The summed E-state index contributed by atoms with van der Waals surface area (Å²) in [7, 11) is 6.20. The second kappa shape index (κ2) is 6.94. The van der Waals surface area contributed by atoms with Crippen LogP contribution in [0.15, 0.2) is 18.2 Å². The van der Waals surface area contributed by atoms with Gasteiger partial charge in [-0.2, -0.15) is 0 Å². The summed E-state index contributed by atoms with van der Waals surface area (Å²) in [6, 6.07) is 4.44. The van der Waals surface area contributed by atoms with Gasteiger partial charge in [0, 0.05) is 34.3 Å². The molecule has 21 heavy (non-hydrogen) atoms. The Morgan fingerprint density at radius 2 is 1.33 bits per heavy atom. The van der Waals surface area contributed by atoms with Gasteiger partial charge in [0.1, 0.15) is 11.5 Å². The monoisotopic (exact) mass is 296 g/mol. The zero-order chi connectivity index (χ0) is 16.2. The van der Waals surface area contributed by atoms with Gasteiger partial charge < -0.3 is 24.4 Å². The van der Waals surface area contributed by atoms with Crippen LogP contribution in [0.4, 0.5) is 9.59 Å². The van der Waals surface area contributed by atoms with Gasteiger partial charge in [-0.1, -0.05) is 0 Å². The number of carbonyl (C=O) groups is 2. The van der Waals surface area contributed by atoms with E-state index in [9.17, 15) is 14.7 Å². The van der Waals surface area contributed by atoms with E-state index in [1.165, 1.54) is 28.0 Å². The summed E-state index contributed by atoms with van der Waals surface area (Å²) < 4.78 is 10.2. The fraction of sp³-hybridized carbons (Fsp3) is 0.429. The molecule has 0 saturated carbocycles. The largest absolute Gasteiger partial charge is 0.414 e. The second-order valence-electron chi connectivity index (χ2n) is 4.94. The molecular formula is C14H20N2O5. The van der Waals surface area contributed by atoms with Crippen molar-refractivity contribution < 1.29 is 24.2 Å². The summed E-state index contributed by atoms with van der Waals surface area (Å²) in [6.45, 7) is 1.56. The first-order chi connectivity index (χ1) is 9.70. The summed E-state index contributed by atoms with van der Waals surface area (Å²) in [5.74, 6) is 0.377. The minimum Gasteiger partial charge on any atom is -0.410 e. The maximum atomic E-state index is 11.6. The van der Waals surface area contributed by atoms with Gasteiger partial charge in [-0.15, -0.1) is 0 Å². The van der Waals surface area contributed by atoms with Crippen molar-refractivity contribution in [2.75, 3.05) is 28.2 Å². The molecule has 7 nitrogen and oxygen atoms in total. The smallest absolute Gasteiger partial charge is 0.410 e. The van der Waals surface area contributed by atoms with E-state index in [0.29, 0.717) is 5.56 Å². The van der Waals surface area contributed by atoms with Crippen molar-refractivity contribution in [2.45, 2.75) is 13.0 Å². The molecule has 116 valence electrons. The van der Waals surface area contributed by atoms with E-state index in [1.54, 1.807) is 35.1 Å². The molecule has 0 heterocycles. The number of carbonyl (C=O) groups excluding carboxylic acids is 2. The van der Waals surface area contributed by atoms with Gasteiger partial charge in [-0.05, 0) is 24.6 Å². The third-order valence-corrected chi connectivity index (χ3v) is 2.53. The Hall–Kier alpha value is -2.28. The average Bonchev–Trinajstić information content (AvgIpc) is 2.37. The Morgan fingerprint density at radius 1 is 0.952 bits per heavy atom. The summed E-state index contributed by atoms with van der Waals surface area (Å²) in [5.41, 5.74) is 0.473. The van der Waals surface area contributed by atoms with Crippen LogP contribution in [0.1, 0.15) is 18.6 Å². The molecule has 1 atom stereocenters. The van der Waals surface area contributed by atoms with Gasteiger partial charge >= 0.3 is 12.2 Å². The molecule has 0 aliphatic carbocycles. The van der Waals surface area contributed by atoms with Crippen molar-refractivity contribution in [3.8, 4) is 11.5 Å². The van der Waals surface area contributed by atoms with Crippen LogP contribution in [-0.4, -0.2) is 55.3 Å². The first kappa shape index (κ1) is 16.8. The number of aliphatic hydroxyl groups excluding tert-OH is 1. The molecule has 0 spiro atoms. The quantitative estimate of drug-likeness (QED) is 0.921. The maximum absolute atomic E-state index is 11.6. The number of hydrogen-bond acceptors (Lipinski definition) is 5. The number of hydrogen-bond donors (Lipinski definition) is 1. The Bertz CT molecular complexity index is 486. The van der Waals surface area contributed by atoms with Crippen molar-refractivity contribution in [2.24, 2.45) is 0 Å². The number of aliphatic hydroxyl groups is 1. The lowest BCUT2D eigenvalue weighted by molar-refractivity contribution is 0.168. The summed E-state index contributed by atoms with van der Waals surface area (Å²) >= 11 is 0. The molecule has 1 rings (SSSR count). The van der Waals surface area contributed by atoms with Crippen LogP contribution in [0.2, 0.25) is 0 Å². The molecule has 0 aliphatic heterocycles. The topological polar surface area (TPSA) is 79.3 Å². The van der Waals surface area contributed by atoms with E-state index in [2.05, 4.69) is 0 Å². The molecule has 0 radical (unpaired) electrons. The summed E-state index contributed by atoms with van der Waals surface area (Å²) in [5, 5.41) is 9.66. The van der Waals surface area contributed by atoms with E-state index in [-0.39, 0.29) is 11.5 Å². The van der Waals surface area contributed by atoms with Crippen LogP contribution in [0.5, 0.6) is 11.5 Å². The number of ether oxygens (including phenoxy) is 2. The van der Waals surface area contributed by atoms with Crippen LogP contribution in [0.3, 0.4) is 0 Å². The van der Waals surface area contributed by atoms with Gasteiger partial charge in [0.05, 0.1) is 6.10 Å². The van der Waals surface area contributed by atoms with E-state index in [0.717, 1.165) is 0 Å². The minimum atomic E-state index is -0.792. The lowest BCUT2D eigenvalue weighted by Gasteiger charge is -2.15. The molecule has 0 aromatic heterocycles. The van der Waals surface area contributed by atoms with Gasteiger partial charge in [0.2, 0.25) is 0 Å². The second-order valence-corrected chi connectivity index (χ2v) is 4.94. The number of benzene rings is 1. The zero-order valence-electron chi connectivity index (χ0n) is 12.8. The third-order valence-electron chi connectivity index (χ3n) is 2.53. The van der Waals surface area contributed by atoms with E-state index >= 15 is 0 Å². The first-order valence-electron chi connectivity index (χ1n) is 6.32. The lowest BCUT2D eigenvalue weighted by atomic mass is 10.1. The highest BCUT2D eigenvalue weighted by Crippen LogP contribution is 2.27. The standard InChI is InChI=1S/C14H20N2O5/c1-9(17)10-6-11(20-13(18)15(2)3)8-12(7-10)21-14(19)16(4)5/h6-9,17H,1-5H3/t9-/m1/s1. The molecule has 0 fully saturated rings. The molecule has 0 saturated heterocycles. The number of amides is 2. The Balaban J connectivity index is 3.06. The van der Waals surface area contributed by atoms with Crippen molar-refractivity contribution in [1.82, 2.24) is 9.80 Å². The molecule has 7 heteroatoms. The molecule has 0 unspecified atom stereocenters. The maximum Gasteiger partial charge on any atom is 0.414 e. The lowest BCUT2D eigenvalue weighted by Crippen LogP contribution is -2.26. The predicted molar refractivity (Wildman–Crippen MR) is 76.5 cm³/mol. The molecular weight excluding hydrogens is 276 g/mol. The average molecular weight is 296 g/mol. The molecule has 1 N–H and O–H groups in total. The minimum absolute atomic E-state index is 0.189.